The van der Waals surface area contributed by atoms with Crippen LogP contribution in [0.2, 0.25) is 0 Å². The van der Waals surface area contributed by atoms with Crippen LogP contribution in [-0.4, -0.2) is 46.7 Å². The molecule has 0 aliphatic carbocycles. The maximum Gasteiger partial charge on any atom is 0.309 e. The van der Waals surface area contributed by atoms with E-state index >= 15 is 0 Å². The Kier molecular flexibility index (Phi) is 9.92. The van der Waals surface area contributed by atoms with Crippen molar-refractivity contribution in [3.8, 4) is 0 Å². The lowest BCUT2D eigenvalue weighted by Gasteiger charge is -2.21. The van der Waals surface area contributed by atoms with E-state index in [9.17, 15) is 9.90 Å². The van der Waals surface area contributed by atoms with Gasteiger partial charge in [0.15, 0.2) is 6.10 Å². The number of hydrogen-bond acceptors (Lipinski definition) is 5. The lowest BCUT2D eigenvalue weighted by molar-refractivity contribution is -0.164. The van der Waals surface area contributed by atoms with Crippen molar-refractivity contribution in [1.29, 1.82) is 0 Å². The minimum atomic E-state index is -1.23. The van der Waals surface area contributed by atoms with Crippen LogP contribution in [-0.2, 0) is 9.53 Å². The minimum absolute atomic E-state index is 0.248. The van der Waals surface area contributed by atoms with Crippen LogP contribution in [0.4, 0.5) is 0 Å². The second kappa shape index (κ2) is 10.3. The second-order valence-electron chi connectivity index (χ2n) is 4.66. The van der Waals surface area contributed by atoms with Crippen molar-refractivity contribution in [3.63, 3.8) is 0 Å². The highest BCUT2D eigenvalue weighted by molar-refractivity contribution is 5.72. The topological polar surface area (TPSA) is 87.0 Å². The molecule has 3 N–H and O–H groups in total. The summed E-state index contributed by atoms with van der Waals surface area (Å²) >= 11 is 0. The van der Waals surface area contributed by atoms with Crippen LogP contribution >= 0.6 is 0 Å². The maximum atomic E-state index is 11.7. The van der Waals surface area contributed by atoms with Crippen molar-refractivity contribution < 1.29 is 24.9 Å². The number of rotatable bonds is 10. The van der Waals surface area contributed by atoms with Gasteiger partial charge >= 0.3 is 5.97 Å². The Balaban J connectivity index is 3.97. The first-order valence-electron chi connectivity index (χ1n) is 6.67. The van der Waals surface area contributed by atoms with Crippen LogP contribution in [0.5, 0.6) is 0 Å². The Hall–Kier alpha value is -0.650. The normalized spacial score (nSPS) is 16.1. The molecule has 0 saturated carbocycles. The lowest BCUT2D eigenvalue weighted by Crippen LogP contribution is -2.38. The van der Waals surface area contributed by atoms with E-state index in [2.05, 4.69) is 6.92 Å². The van der Waals surface area contributed by atoms with Crippen LogP contribution in [0, 0.1) is 5.92 Å². The number of carbonyl (C=O) groups is 1. The van der Waals surface area contributed by atoms with Crippen LogP contribution in [0.1, 0.15) is 46.0 Å². The van der Waals surface area contributed by atoms with Gasteiger partial charge in [-0.3, -0.25) is 4.79 Å². The molecule has 0 aromatic heterocycles. The van der Waals surface area contributed by atoms with Gasteiger partial charge in [0.2, 0.25) is 0 Å². The summed E-state index contributed by atoms with van der Waals surface area (Å²) in [4.78, 5) is 11.7. The van der Waals surface area contributed by atoms with E-state index in [-0.39, 0.29) is 5.92 Å². The highest BCUT2D eigenvalue weighted by Crippen LogP contribution is 2.13. The van der Waals surface area contributed by atoms with Gasteiger partial charge < -0.3 is 20.1 Å². The summed E-state index contributed by atoms with van der Waals surface area (Å²) in [5.74, 6) is -0.681. The molecule has 0 aliphatic rings. The summed E-state index contributed by atoms with van der Waals surface area (Å²) in [6.45, 7) is 2.87. The number of unbranched alkanes of at least 4 members (excludes halogenated alkanes) is 3. The third kappa shape index (κ3) is 6.93. The molecule has 0 fully saturated rings. The molecule has 5 heteroatoms. The molecular formula is C13H26O5. The number of carbonyl (C=O) groups excluding carboxylic acids is 1. The Morgan fingerprint density at radius 3 is 2.33 bits per heavy atom. The highest BCUT2D eigenvalue weighted by Gasteiger charge is 2.24. The molecule has 0 bridgehead atoms. The molecule has 0 radical (unpaired) electrons. The van der Waals surface area contributed by atoms with Crippen molar-refractivity contribution >= 4 is 5.97 Å². The van der Waals surface area contributed by atoms with Gasteiger partial charge in [-0.2, -0.15) is 0 Å². The summed E-state index contributed by atoms with van der Waals surface area (Å²) in [6.07, 6.45) is 2.84. The van der Waals surface area contributed by atoms with Crippen molar-refractivity contribution in [3.05, 3.63) is 0 Å². The Morgan fingerprint density at radius 2 is 1.83 bits per heavy atom. The molecule has 3 atom stereocenters. The van der Waals surface area contributed by atoms with Gasteiger partial charge in [0.1, 0.15) is 6.10 Å². The Bertz CT molecular complexity index is 219. The molecule has 0 saturated heterocycles. The Morgan fingerprint density at radius 1 is 1.17 bits per heavy atom. The number of hydrogen-bond donors (Lipinski definition) is 3. The van der Waals surface area contributed by atoms with Gasteiger partial charge in [-0.25, -0.2) is 0 Å². The van der Waals surface area contributed by atoms with E-state index < -0.39 is 31.4 Å². The van der Waals surface area contributed by atoms with E-state index in [1.54, 1.807) is 6.92 Å². The van der Waals surface area contributed by atoms with Gasteiger partial charge in [0, 0.05) is 0 Å². The van der Waals surface area contributed by atoms with E-state index in [1.807, 2.05) is 0 Å². The van der Waals surface area contributed by atoms with Gasteiger partial charge in [-0.15, -0.1) is 0 Å². The third-order valence-corrected chi connectivity index (χ3v) is 2.96. The molecule has 5 nitrogen and oxygen atoms in total. The van der Waals surface area contributed by atoms with E-state index in [0.29, 0.717) is 0 Å². The van der Waals surface area contributed by atoms with Crippen LogP contribution < -0.4 is 0 Å². The van der Waals surface area contributed by atoms with E-state index in [0.717, 1.165) is 32.1 Å². The summed E-state index contributed by atoms with van der Waals surface area (Å²) in [5.41, 5.74) is 0. The molecule has 0 aliphatic heterocycles. The maximum absolute atomic E-state index is 11.7. The Labute approximate surface area is 109 Å². The van der Waals surface area contributed by atoms with Crippen molar-refractivity contribution in [2.75, 3.05) is 13.2 Å². The fourth-order valence-corrected chi connectivity index (χ4v) is 1.62. The fraction of sp³-hybridized carbons (Fsp3) is 0.923. The third-order valence-electron chi connectivity index (χ3n) is 2.96. The molecule has 0 heterocycles. The zero-order chi connectivity index (χ0) is 14.0. The number of ether oxygens (including phenoxy) is 1. The lowest BCUT2D eigenvalue weighted by atomic mass is 10.0. The molecule has 18 heavy (non-hydrogen) atoms. The molecule has 0 aromatic carbocycles. The minimum Gasteiger partial charge on any atom is -0.457 e. The fourth-order valence-electron chi connectivity index (χ4n) is 1.62. The number of aliphatic hydroxyl groups is 3. The van der Waals surface area contributed by atoms with Gasteiger partial charge in [-0.05, 0) is 6.42 Å². The van der Waals surface area contributed by atoms with E-state index in [1.165, 1.54) is 0 Å². The molecule has 0 amide bonds. The average molecular weight is 262 g/mol. The molecule has 3 unspecified atom stereocenters. The SMILES string of the molecule is CCCCCCC(C)C(=O)OC(CO)C(O)CO. The predicted octanol–water partition coefficient (Wildman–Crippen LogP) is 0.850. The zero-order valence-corrected chi connectivity index (χ0v) is 11.3. The van der Waals surface area contributed by atoms with Crippen molar-refractivity contribution in [2.24, 2.45) is 5.92 Å². The quantitative estimate of drug-likeness (QED) is 0.401. The predicted molar refractivity (Wildman–Crippen MR) is 68.0 cm³/mol. The summed E-state index contributed by atoms with van der Waals surface area (Å²) in [6, 6.07) is 0. The monoisotopic (exact) mass is 262 g/mol. The average Bonchev–Trinajstić information content (AvgIpc) is 2.39. The molecule has 0 spiro atoms. The van der Waals surface area contributed by atoms with Gasteiger partial charge in [-0.1, -0.05) is 39.5 Å². The highest BCUT2D eigenvalue weighted by atomic mass is 16.6. The number of esters is 1. The first kappa shape index (κ1) is 17.4. The molecule has 0 rings (SSSR count). The van der Waals surface area contributed by atoms with Gasteiger partial charge in [0.25, 0.3) is 0 Å². The smallest absolute Gasteiger partial charge is 0.309 e. The van der Waals surface area contributed by atoms with Crippen LogP contribution in [0.3, 0.4) is 0 Å². The zero-order valence-electron chi connectivity index (χ0n) is 11.3. The summed E-state index contributed by atoms with van der Waals surface area (Å²) in [5, 5.41) is 27.0. The van der Waals surface area contributed by atoms with Crippen LogP contribution in [0.25, 0.3) is 0 Å². The van der Waals surface area contributed by atoms with Gasteiger partial charge in [0.05, 0.1) is 19.1 Å². The first-order valence-corrected chi connectivity index (χ1v) is 6.67. The van der Waals surface area contributed by atoms with Crippen molar-refractivity contribution in [1.82, 2.24) is 0 Å². The van der Waals surface area contributed by atoms with Crippen LogP contribution in [0.15, 0.2) is 0 Å². The van der Waals surface area contributed by atoms with Crippen molar-refractivity contribution in [2.45, 2.75) is 58.2 Å². The second-order valence-corrected chi connectivity index (χ2v) is 4.66. The molecule has 108 valence electrons. The largest absolute Gasteiger partial charge is 0.457 e. The molecular weight excluding hydrogens is 236 g/mol. The molecule has 0 aromatic rings. The first-order chi connectivity index (χ1) is 8.56. The number of aliphatic hydroxyl groups excluding tert-OH is 3. The summed E-state index contributed by atoms with van der Waals surface area (Å²) in [7, 11) is 0. The summed E-state index contributed by atoms with van der Waals surface area (Å²) < 4.78 is 4.97. The van der Waals surface area contributed by atoms with E-state index in [4.69, 9.17) is 14.9 Å². The standard InChI is InChI=1S/C13H26O5/c1-3-4-5-6-7-10(2)13(17)18-12(9-15)11(16)8-14/h10-12,14-16H,3-9H2,1-2H3.